The SMILES string of the molecule is COC(=O)C1(C(=O)OC)Cc2ccccc21. The van der Waals surface area contributed by atoms with E-state index >= 15 is 0 Å². The zero-order chi connectivity index (χ0) is 11.8. The first-order valence-corrected chi connectivity index (χ1v) is 4.92. The lowest BCUT2D eigenvalue weighted by Crippen LogP contribution is -2.53. The molecule has 1 aromatic rings. The van der Waals surface area contributed by atoms with E-state index in [1.54, 1.807) is 12.1 Å². The Kier molecular flexibility index (Phi) is 2.42. The highest BCUT2D eigenvalue weighted by molar-refractivity contribution is 6.09. The van der Waals surface area contributed by atoms with Crippen LogP contribution in [0.3, 0.4) is 0 Å². The van der Waals surface area contributed by atoms with Crippen LogP contribution >= 0.6 is 0 Å². The average Bonchev–Trinajstić information content (AvgIpc) is 2.30. The molecule has 0 bridgehead atoms. The van der Waals surface area contributed by atoms with E-state index in [9.17, 15) is 9.59 Å². The molecule has 0 atom stereocenters. The number of fused-ring (bicyclic) bond motifs is 1. The normalized spacial score (nSPS) is 15.6. The van der Waals surface area contributed by atoms with Gasteiger partial charge in [-0.15, -0.1) is 0 Å². The van der Waals surface area contributed by atoms with Crippen LogP contribution in [0.1, 0.15) is 11.1 Å². The number of hydrogen-bond donors (Lipinski definition) is 0. The third kappa shape index (κ3) is 1.16. The van der Waals surface area contributed by atoms with Crippen molar-refractivity contribution in [1.82, 2.24) is 0 Å². The Hall–Kier alpha value is -1.84. The predicted molar refractivity (Wildman–Crippen MR) is 55.9 cm³/mol. The Morgan fingerprint density at radius 2 is 1.69 bits per heavy atom. The molecule has 0 saturated carbocycles. The fourth-order valence-corrected chi connectivity index (χ4v) is 2.16. The van der Waals surface area contributed by atoms with Crippen LogP contribution in [0, 0.1) is 0 Å². The number of esters is 2. The maximum absolute atomic E-state index is 11.8. The van der Waals surface area contributed by atoms with E-state index < -0.39 is 17.4 Å². The summed E-state index contributed by atoms with van der Waals surface area (Å²) in [5.41, 5.74) is 0.423. The van der Waals surface area contributed by atoms with Crippen LogP contribution < -0.4 is 0 Å². The number of benzene rings is 1. The van der Waals surface area contributed by atoms with Crippen LogP contribution in [0.2, 0.25) is 0 Å². The van der Waals surface area contributed by atoms with Crippen molar-refractivity contribution in [2.75, 3.05) is 14.2 Å². The third-order valence-electron chi connectivity index (χ3n) is 3.00. The summed E-state index contributed by atoms with van der Waals surface area (Å²) < 4.78 is 9.40. The maximum Gasteiger partial charge on any atom is 0.328 e. The Morgan fingerprint density at radius 1 is 1.12 bits per heavy atom. The van der Waals surface area contributed by atoms with Crippen LogP contribution in [0.25, 0.3) is 0 Å². The van der Waals surface area contributed by atoms with Gasteiger partial charge in [0.1, 0.15) is 0 Å². The van der Waals surface area contributed by atoms with Crippen molar-refractivity contribution in [1.29, 1.82) is 0 Å². The summed E-state index contributed by atoms with van der Waals surface area (Å²) in [4.78, 5) is 23.5. The minimum Gasteiger partial charge on any atom is -0.468 e. The first-order valence-electron chi connectivity index (χ1n) is 4.92. The molecule has 4 nitrogen and oxygen atoms in total. The number of rotatable bonds is 2. The molecule has 0 unspecified atom stereocenters. The summed E-state index contributed by atoms with van der Waals surface area (Å²) >= 11 is 0. The molecular weight excluding hydrogens is 208 g/mol. The number of ether oxygens (including phenoxy) is 2. The minimum absolute atomic E-state index is 0.350. The lowest BCUT2D eigenvalue weighted by molar-refractivity contribution is -0.163. The molecule has 1 aromatic carbocycles. The van der Waals surface area contributed by atoms with E-state index in [0.717, 1.165) is 5.56 Å². The molecule has 0 spiro atoms. The summed E-state index contributed by atoms with van der Waals surface area (Å²) in [5.74, 6) is -1.11. The molecule has 2 rings (SSSR count). The van der Waals surface area contributed by atoms with E-state index in [-0.39, 0.29) is 0 Å². The predicted octanol–water partition coefficient (Wildman–Crippen LogP) is 0.826. The van der Waals surface area contributed by atoms with Crippen LogP contribution in [0.4, 0.5) is 0 Å². The highest BCUT2D eigenvalue weighted by atomic mass is 16.5. The van der Waals surface area contributed by atoms with E-state index in [1.807, 2.05) is 12.1 Å². The van der Waals surface area contributed by atoms with Gasteiger partial charge in [-0.05, 0) is 11.1 Å². The monoisotopic (exact) mass is 220 g/mol. The number of hydrogen-bond acceptors (Lipinski definition) is 4. The lowest BCUT2D eigenvalue weighted by atomic mass is 9.64. The van der Waals surface area contributed by atoms with Gasteiger partial charge in [-0.2, -0.15) is 0 Å². The van der Waals surface area contributed by atoms with Gasteiger partial charge in [0.2, 0.25) is 0 Å². The topological polar surface area (TPSA) is 52.6 Å². The van der Waals surface area contributed by atoms with Gasteiger partial charge in [0, 0.05) is 6.42 Å². The molecule has 0 fully saturated rings. The Balaban J connectivity index is 2.50. The van der Waals surface area contributed by atoms with Crippen molar-refractivity contribution >= 4 is 11.9 Å². The van der Waals surface area contributed by atoms with Gasteiger partial charge in [-0.1, -0.05) is 24.3 Å². The Morgan fingerprint density at radius 3 is 2.19 bits per heavy atom. The van der Waals surface area contributed by atoms with Crippen molar-refractivity contribution in [2.45, 2.75) is 11.8 Å². The zero-order valence-corrected chi connectivity index (χ0v) is 9.15. The molecule has 0 N–H and O–H groups in total. The smallest absolute Gasteiger partial charge is 0.328 e. The Bertz CT molecular complexity index is 434. The van der Waals surface area contributed by atoms with Gasteiger partial charge in [0.15, 0.2) is 5.41 Å². The zero-order valence-electron chi connectivity index (χ0n) is 9.15. The summed E-state index contributed by atoms with van der Waals surface area (Å²) in [7, 11) is 2.54. The lowest BCUT2D eigenvalue weighted by Gasteiger charge is -2.38. The highest BCUT2D eigenvalue weighted by Crippen LogP contribution is 2.42. The van der Waals surface area contributed by atoms with Crippen LogP contribution in [-0.4, -0.2) is 26.2 Å². The van der Waals surface area contributed by atoms with E-state index in [0.29, 0.717) is 12.0 Å². The van der Waals surface area contributed by atoms with E-state index in [1.165, 1.54) is 14.2 Å². The molecule has 16 heavy (non-hydrogen) atoms. The van der Waals surface area contributed by atoms with E-state index in [4.69, 9.17) is 9.47 Å². The second-order valence-corrected chi connectivity index (χ2v) is 3.72. The Labute approximate surface area is 93.2 Å². The van der Waals surface area contributed by atoms with Gasteiger partial charge < -0.3 is 9.47 Å². The highest BCUT2D eigenvalue weighted by Gasteiger charge is 2.57. The van der Waals surface area contributed by atoms with Gasteiger partial charge in [-0.25, -0.2) is 0 Å². The van der Waals surface area contributed by atoms with Crippen molar-refractivity contribution in [2.24, 2.45) is 0 Å². The fourth-order valence-electron chi connectivity index (χ4n) is 2.16. The summed E-state index contributed by atoms with van der Waals surface area (Å²) in [5, 5.41) is 0. The molecule has 1 aliphatic carbocycles. The van der Waals surface area contributed by atoms with Gasteiger partial charge in [0.05, 0.1) is 14.2 Å². The second-order valence-electron chi connectivity index (χ2n) is 3.72. The van der Waals surface area contributed by atoms with Crippen molar-refractivity contribution in [3.8, 4) is 0 Å². The molecule has 4 heteroatoms. The largest absolute Gasteiger partial charge is 0.468 e. The van der Waals surface area contributed by atoms with Crippen molar-refractivity contribution in [3.05, 3.63) is 35.4 Å². The standard InChI is InChI=1S/C12H12O4/c1-15-10(13)12(11(14)16-2)7-8-5-3-4-6-9(8)12/h3-6H,7H2,1-2H3. The van der Waals surface area contributed by atoms with Gasteiger partial charge in [0.25, 0.3) is 0 Å². The van der Waals surface area contributed by atoms with E-state index in [2.05, 4.69) is 0 Å². The number of methoxy groups -OCH3 is 2. The average molecular weight is 220 g/mol. The summed E-state index contributed by atoms with van der Waals surface area (Å²) in [6.45, 7) is 0. The molecular formula is C12H12O4. The fraction of sp³-hybridized carbons (Fsp3) is 0.333. The molecule has 0 radical (unpaired) electrons. The van der Waals surface area contributed by atoms with Crippen molar-refractivity contribution < 1.29 is 19.1 Å². The summed E-state index contributed by atoms with van der Waals surface area (Å²) in [6, 6.07) is 7.31. The molecule has 0 saturated heterocycles. The number of carbonyl (C=O) groups excluding carboxylic acids is 2. The molecule has 1 aliphatic rings. The molecule has 0 amide bonds. The van der Waals surface area contributed by atoms with Crippen molar-refractivity contribution in [3.63, 3.8) is 0 Å². The first kappa shape index (κ1) is 10.7. The molecule has 84 valence electrons. The molecule has 0 heterocycles. The van der Waals surface area contributed by atoms with Crippen LogP contribution in [0.5, 0.6) is 0 Å². The maximum atomic E-state index is 11.8. The minimum atomic E-state index is -1.25. The van der Waals surface area contributed by atoms with Gasteiger partial charge in [-0.3, -0.25) is 9.59 Å². The quantitative estimate of drug-likeness (QED) is 0.547. The first-order chi connectivity index (χ1) is 7.66. The number of carbonyl (C=O) groups is 2. The van der Waals surface area contributed by atoms with Crippen LogP contribution in [0.15, 0.2) is 24.3 Å². The third-order valence-corrected chi connectivity index (χ3v) is 3.00. The van der Waals surface area contributed by atoms with Gasteiger partial charge >= 0.3 is 11.9 Å². The second kappa shape index (κ2) is 3.63. The summed E-state index contributed by atoms with van der Waals surface area (Å²) in [6.07, 6.45) is 0.350. The van der Waals surface area contributed by atoms with Crippen LogP contribution in [-0.2, 0) is 30.9 Å². The molecule has 0 aromatic heterocycles. The molecule has 0 aliphatic heterocycles.